The third kappa shape index (κ3) is 9.34. The van der Waals surface area contributed by atoms with Crippen molar-refractivity contribution in [1.29, 1.82) is 0 Å². The summed E-state index contributed by atoms with van der Waals surface area (Å²) in [5.41, 5.74) is 7.76. The van der Waals surface area contributed by atoms with Crippen molar-refractivity contribution in [3.8, 4) is 29.1 Å². The molecule has 1 spiro atoms. The number of morpholine rings is 1. The molecule has 6 amide bonds. The fourth-order valence-corrected chi connectivity index (χ4v) is 11.9. The van der Waals surface area contributed by atoms with E-state index in [1.807, 2.05) is 127 Å². The number of fused-ring (bicyclic) bond motifs is 4. The number of carbonyl (C=O) groups excluding carboxylic acids is 5. The average molecular weight is 1040 g/mol. The number of hydrogen-bond donors (Lipinski definition) is 4. The fourth-order valence-electron chi connectivity index (χ4n) is 11.9. The quantitative estimate of drug-likeness (QED) is 0.0789. The topological polar surface area (TPSA) is 206 Å². The molecule has 0 aliphatic carbocycles. The van der Waals surface area contributed by atoms with Crippen LogP contribution in [0.1, 0.15) is 70.1 Å². The van der Waals surface area contributed by atoms with Crippen molar-refractivity contribution in [2.75, 3.05) is 57.6 Å². The number of carbonyl (C=O) groups is 5. The summed E-state index contributed by atoms with van der Waals surface area (Å²) >= 11 is 0. The number of ether oxygens (including phenoxy) is 4. The summed E-state index contributed by atoms with van der Waals surface area (Å²) in [6.45, 7) is 3.38. The lowest BCUT2D eigenvalue weighted by molar-refractivity contribution is -0.179. The van der Waals surface area contributed by atoms with Crippen LogP contribution in [0.25, 0.3) is 0 Å². The zero-order valence-electron chi connectivity index (χ0n) is 42.2. The highest BCUT2D eigenvalue weighted by molar-refractivity contribution is 6.24. The van der Waals surface area contributed by atoms with Gasteiger partial charge in [-0.15, -0.1) is 0 Å². The molecule has 5 aliphatic heterocycles. The smallest absolute Gasteiger partial charge is 0.329 e. The van der Waals surface area contributed by atoms with E-state index in [9.17, 15) is 9.90 Å². The fraction of sp³-hybridized carbons (Fsp3) is 0.283. The number of primary amides is 1. The van der Waals surface area contributed by atoms with Gasteiger partial charge in [0.15, 0.2) is 11.5 Å². The van der Waals surface area contributed by atoms with Crippen molar-refractivity contribution in [3.63, 3.8) is 0 Å². The molecule has 0 aromatic heterocycles. The summed E-state index contributed by atoms with van der Waals surface area (Å²) in [6.07, 6.45) is -0.960. The Morgan fingerprint density at radius 3 is 2.22 bits per heavy atom. The van der Waals surface area contributed by atoms with E-state index in [0.717, 1.165) is 21.6 Å². The third-order valence-electron chi connectivity index (χ3n) is 15.2. The van der Waals surface area contributed by atoms with Crippen molar-refractivity contribution < 1.29 is 48.0 Å². The Bertz CT molecular complexity index is 3270. The van der Waals surface area contributed by atoms with Gasteiger partial charge in [0.1, 0.15) is 29.9 Å². The number of urea groups is 2. The molecule has 7 atom stereocenters. The standard InChI is InChI=1S/C60H57N7O10/c1-38(41-15-5-2-6-16-41)63-59(73)66-46-25-23-39(14-13-27-62-58(61)72)34-45(46)60(57(66)71)50(55(69)65-30-28-64(29-31-65)36-40-24-26-48-49(35-40)76-37-75-48)52-56(70)77-53(43-19-9-4-10-20-43)51(42-17-7-3-8-18-42)67(52)54(60)44-21-11-12-22-47(44)74-33-32-68/h2-12,15-26,34-35,38,50-54,68H,27-33,36-37H2,1H3,(H,63,73)(H3,61,62,72)/t38-,50+,51+,52+,53-,54-,60+/m1/s1. The number of amides is 6. The van der Waals surface area contributed by atoms with E-state index in [4.69, 9.17) is 24.7 Å². The molecule has 5 N–H and O–H groups in total. The maximum atomic E-state index is 17.0. The number of nitrogens with zero attached hydrogens (tertiary/aromatic N) is 4. The maximum Gasteiger partial charge on any atom is 0.329 e. The molecule has 17 heteroatoms. The molecule has 0 unspecified atom stereocenters. The Morgan fingerprint density at radius 1 is 0.805 bits per heavy atom. The second kappa shape index (κ2) is 21.5. The summed E-state index contributed by atoms with van der Waals surface area (Å²) in [6, 6.07) is 40.6. The number of anilines is 1. The number of cyclic esters (lactones) is 1. The minimum atomic E-state index is -2.10. The molecule has 0 saturated carbocycles. The van der Waals surface area contributed by atoms with Crippen molar-refractivity contribution in [1.82, 2.24) is 25.3 Å². The van der Waals surface area contributed by atoms with Gasteiger partial charge >= 0.3 is 18.0 Å². The molecule has 5 aliphatic rings. The van der Waals surface area contributed by atoms with Crippen LogP contribution in [-0.2, 0) is 31.1 Å². The SMILES string of the molecule is C[C@@H](NC(=O)N1C(=O)[C@@]2(c3cc(C#CCNC(N)=O)ccc31)[C@H](C(=O)N1CCN(Cc3ccc4c(c3)OCO4)CC1)[C@H]1C(=O)O[C@H](c3ccccc3)[C@H](c3ccccc3)N1[C@@H]2c1ccccc1OCCO)c1ccccc1. The van der Waals surface area contributed by atoms with Crippen LogP contribution in [0.5, 0.6) is 17.2 Å². The summed E-state index contributed by atoms with van der Waals surface area (Å²) in [7, 11) is 0. The number of nitrogens with one attached hydrogen (secondary N) is 2. The lowest BCUT2D eigenvalue weighted by Gasteiger charge is -2.46. The summed E-state index contributed by atoms with van der Waals surface area (Å²) < 4.78 is 24.3. The van der Waals surface area contributed by atoms with Gasteiger partial charge in [0.05, 0.1) is 42.9 Å². The molecule has 3 saturated heterocycles. The van der Waals surface area contributed by atoms with Crippen LogP contribution in [0.15, 0.2) is 152 Å². The number of imide groups is 1. The normalized spacial score (nSPS) is 22.8. The Labute approximate surface area is 445 Å². The maximum absolute atomic E-state index is 17.0. The molecule has 17 nitrogen and oxygen atoms in total. The molecule has 0 radical (unpaired) electrons. The van der Waals surface area contributed by atoms with E-state index in [2.05, 4.69) is 27.4 Å². The monoisotopic (exact) mass is 1040 g/mol. The second-order valence-electron chi connectivity index (χ2n) is 19.6. The van der Waals surface area contributed by atoms with Crippen LogP contribution >= 0.6 is 0 Å². The van der Waals surface area contributed by atoms with Crippen molar-refractivity contribution in [2.45, 2.75) is 49.2 Å². The first-order valence-corrected chi connectivity index (χ1v) is 25.7. The zero-order valence-corrected chi connectivity index (χ0v) is 42.2. The molecule has 392 valence electrons. The Balaban J connectivity index is 1.13. The first kappa shape index (κ1) is 50.5. The van der Waals surface area contributed by atoms with E-state index in [1.165, 1.54) is 0 Å². The Kier molecular flexibility index (Phi) is 14.1. The lowest BCUT2D eigenvalue weighted by atomic mass is 9.64. The minimum absolute atomic E-state index is 0.0936. The molecule has 0 bridgehead atoms. The van der Waals surface area contributed by atoms with Crippen LogP contribution in [0, 0.1) is 17.8 Å². The van der Waals surface area contributed by atoms with Crippen LogP contribution in [0.4, 0.5) is 15.3 Å². The van der Waals surface area contributed by atoms with E-state index < -0.39 is 71.5 Å². The van der Waals surface area contributed by atoms with Gasteiger partial charge < -0.3 is 45.3 Å². The predicted octanol–water partition coefficient (Wildman–Crippen LogP) is 6.29. The second-order valence-corrected chi connectivity index (χ2v) is 19.6. The summed E-state index contributed by atoms with van der Waals surface area (Å²) in [5, 5.41) is 15.8. The summed E-state index contributed by atoms with van der Waals surface area (Å²) in [4.78, 5) is 83.4. The van der Waals surface area contributed by atoms with Crippen LogP contribution in [-0.4, -0.2) is 108 Å². The Morgan fingerprint density at radius 2 is 1.49 bits per heavy atom. The number of esters is 1. The first-order valence-electron chi connectivity index (χ1n) is 25.7. The highest BCUT2D eigenvalue weighted by atomic mass is 16.7. The van der Waals surface area contributed by atoms with Gasteiger partial charge in [-0.1, -0.05) is 127 Å². The highest BCUT2D eigenvalue weighted by Gasteiger charge is 2.76. The largest absolute Gasteiger partial charge is 0.491 e. The number of aliphatic hydroxyl groups excluding tert-OH is 1. The number of hydrogen-bond acceptors (Lipinski definition) is 12. The van der Waals surface area contributed by atoms with E-state index >= 15 is 19.2 Å². The van der Waals surface area contributed by atoms with Crippen LogP contribution < -0.4 is 35.5 Å². The van der Waals surface area contributed by atoms with Crippen molar-refractivity contribution in [2.24, 2.45) is 11.7 Å². The first-order chi connectivity index (χ1) is 37.6. The number of aliphatic hydroxyl groups is 1. The van der Waals surface area contributed by atoms with Crippen molar-refractivity contribution >= 4 is 35.5 Å². The van der Waals surface area contributed by atoms with E-state index in [-0.39, 0.29) is 50.9 Å². The molecule has 6 aromatic rings. The third-order valence-corrected chi connectivity index (χ3v) is 15.2. The number of rotatable bonds is 12. The van der Waals surface area contributed by atoms with Gasteiger partial charge in [0.2, 0.25) is 18.6 Å². The zero-order chi connectivity index (χ0) is 53.2. The number of nitrogens with two attached hydrogens (primary N) is 1. The van der Waals surface area contributed by atoms with Gasteiger partial charge in [-0.2, -0.15) is 0 Å². The van der Waals surface area contributed by atoms with Crippen LogP contribution in [0.3, 0.4) is 0 Å². The highest BCUT2D eigenvalue weighted by Crippen LogP contribution is 2.67. The Hall–Kier alpha value is -8.69. The van der Waals surface area contributed by atoms with Gasteiger partial charge in [-0.05, 0) is 71.1 Å². The molecular weight excluding hydrogens is 979 g/mol. The van der Waals surface area contributed by atoms with Gasteiger partial charge in [0, 0.05) is 43.9 Å². The lowest BCUT2D eigenvalue weighted by Crippen LogP contribution is -2.59. The average Bonchev–Trinajstić information content (AvgIpc) is 3.78. The van der Waals surface area contributed by atoms with Crippen LogP contribution in [0.2, 0.25) is 0 Å². The number of para-hydroxylation sites is 1. The minimum Gasteiger partial charge on any atom is -0.491 e. The molecule has 6 aromatic carbocycles. The van der Waals surface area contributed by atoms with Gasteiger partial charge in [-0.3, -0.25) is 24.2 Å². The van der Waals surface area contributed by atoms with Crippen molar-refractivity contribution in [3.05, 3.63) is 191 Å². The number of piperazine rings is 1. The molecular formula is C60H57N7O10. The van der Waals surface area contributed by atoms with E-state index in [0.29, 0.717) is 53.6 Å². The van der Waals surface area contributed by atoms with Gasteiger partial charge in [-0.25, -0.2) is 14.5 Å². The molecule has 3 fully saturated rings. The molecule has 5 heterocycles. The predicted molar refractivity (Wildman–Crippen MR) is 283 cm³/mol. The molecule has 11 rings (SSSR count). The van der Waals surface area contributed by atoms with E-state index in [1.54, 1.807) is 41.3 Å². The summed E-state index contributed by atoms with van der Waals surface area (Å²) in [5.74, 6) is 4.17. The number of benzene rings is 6. The molecule has 77 heavy (non-hydrogen) atoms. The van der Waals surface area contributed by atoms with Gasteiger partial charge in [0.25, 0.3) is 0 Å².